The monoisotopic (exact) mass is 421 g/mol. The minimum Gasteiger partial charge on any atom is -0.378 e. The first-order valence-electron chi connectivity index (χ1n) is 9.64. The number of rotatable bonds is 5. The van der Waals surface area contributed by atoms with Crippen molar-refractivity contribution in [2.24, 2.45) is 0 Å². The van der Waals surface area contributed by atoms with Gasteiger partial charge in [0.2, 0.25) is 10.0 Å². The summed E-state index contributed by atoms with van der Waals surface area (Å²) in [6.07, 6.45) is 1.54. The number of hydrogen-bond donors (Lipinski definition) is 0. The van der Waals surface area contributed by atoms with Gasteiger partial charge in [-0.05, 0) is 6.07 Å². The molecule has 1 aromatic carbocycles. The molecule has 0 saturated carbocycles. The number of piperazine rings is 1. The van der Waals surface area contributed by atoms with E-state index in [4.69, 9.17) is 4.74 Å². The van der Waals surface area contributed by atoms with Crippen LogP contribution in [0.2, 0.25) is 0 Å². The van der Waals surface area contributed by atoms with E-state index in [-0.39, 0.29) is 11.3 Å². The predicted octanol–water partition coefficient (Wildman–Crippen LogP) is 1.10. The summed E-state index contributed by atoms with van der Waals surface area (Å²) in [7, 11) is -3.58. The van der Waals surface area contributed by atoms with Gasteiger partial charge in [-0.3, -0.25) is 0 Å². The van der Waals surface area contributed by atoms with Crippen LogP contribution in [0.25, 0.3) is 0 Å². The fourth-order valence-electron chi connectivity index (χ4n) is 3.57. The van der Waals surface area contributed by atoms with Crippen molar-refractivity contribution in [2.45, 2.75) is 5.75 Å². The largest absolute Gasteiger partial charge is 0.378 e. The molecule has 156 valence electrons. The third-order valence-electron chi connectivity index (χ3n) is 5.23. The third-order valence-corrected chi connectivity index (χ3v) is 7.05. The van der Waals surface area contributed by atoms with Gasteiger partial charge in [-0.1, -0.05) is 18.2 Å². The summed E-state index contributed by atoms with van der Waals surface area (Å²) in [4.78, 5) is 12.9. The number of anilines is 2. The number of halogens is 1. The van der Waals surface area contributed by atoms with Crippen molar-refractivity contribution < 1.29 is 17.5 Å². The van der Waals surface area contributed by atoms with Gasteiger partial charge in [0, 0.05) is 50.9 Å². The molecule has 0 radical (unpaired) electrons. The summed E-state index contributed by atoms with van der Waals surface area (Å²) >= 11 is 0. The van der Waals surface area contributed by atoms with Crippen LogP contribution >= 0.6 is 0 Å². The highest BCUT2D eigenvalue weighted by molar-refractivity contribution is 7.88. The van der Waals surface area contributed by atoms with Crippen LogP contribution in [0.1, 0.15) is 5.56 Å². The average molecular weight is 421 g/mol. The van der Waals surface area contributed by atoms with Gasteiger partial charge in [0.05, 0.1) is 19.0 Å². The highest BCUT2D eigenvalue weighted by Gasteiger charge is 2.28. The van der Waals surface area contributed by atoms with Gasteiger partial charge < -0.3 is 14.5 Å². The molecular weight excluding hydrogens is 397 g/mol. The van der Waals surface area contributed by atoms with Crippen molar-refractivity contribution in [1.82, 2.24) is 14.3 Å². The Morgan fingerprint density at radius 2 is 1.55 bits per heavy atom. The lowest BCUT2D eigenvalue weighted by atomic mass is 10.2. The first-order chi connectivity index (χ1) is 14.0. The van der Waals surface area contributed by atoms with Crippen molar-refractivity contribution in [3.05, 3.63) is 48.0 Å². The van der Waals surface area contributed by atoms with Gasteiger partial charge in [0.25, 0.3) is 0 Å². The standard InChI is InChI=1S/C19H24FN5O3S/c20-17-4-2-1-3-16(17)14-29(26,27)25-7-5-23(6-8-25)18-13-19(22-15-21-18)24-9-11-28-12-10-24/h1-4,13,15H,5-12,14H2. The van der Waals surface area contributed by atoms with Gasteiger partial charge >= 0.3 is 0 Å². The molecule has 1 aromatic heterocycles. The molecule has 0 amide bonds. The summed E-state index contributed by atoms with van der Waals surface area (Å²) in [6.45, 7) is 4.67. The topological polar surface area (TPSA) is 78.9 Å². The maximum Gasteiger partial charge on any atom is 0.218 e. The fourth-order valence-corrected chi connectivity index (χ4v) is 5.10. The molecule has 0 bridgehead atoms. The van der Waals surface area contributed by atoms with Crippen molar-refractivity contribution >= 4 is 21.7 Å². The molecule has 2 fully saturated rings. The lowest BCUT2D eigenvalue weighted by molar-refractivity contribution is 0.122. The molecule has 2 aromatic rings. The summed E-state index contributed by atoms with van der Waals surface area (Å²) in [5, 5.41) is 0. The minimum absolute atomic E-state index is 0.195. The van der Waals surface area contributed by atoms with E-state index in [9.17, 15) is 12.8 Å². The van der Waals surface area contributed by atoms with Gasteiger partial charge in [0.1, 0.15) is 23.8 Å². The predicted molar refractivity (Wildman–Crippen MR) is 108 cm³/mol. The number of nitrogens with zero attached hydrogens (tertiary/aromatic N) is 5. The number of hydrogen-bond acceptors (Lipinski definition) is 7. The number of morpholine rings is 1. The van der Waals surface area contributed by atoms with E-state index >= 15 is 0 Å². The van der Waals surface area contributed by atoms with Crippen LogP contribution in [0.4, 0.5) is 16.0 Å². The Kier molecular flexibility index (Phi) is 5.93. The smallest absolute Gasteiger partial charge is 0.218 e. The molecule has 0 spiro atoms. The fraction of sp³-hybridized carbons (Fsp3) is 0.474. The van der Waals surface area contributed by atoms with Crippen LogP contribution < -0.4 is 9.80 Å². The van der Waals surface area contributed by atoms with E-state index in [0.29, 0.717) is 39.4 Å². The van der Waals surface area contributed by atoms with Gasteiger partial charge in [-0.15, -0.1) is 0 Å². The molecule has 0 N–H and O–H groups in total. The molecule has 0 unspecified atom stereocenters. The van der Waals surface area contributed by atoms with E-state index in [1.165, 1.54) is 16.4 Å². The molecule has 10 heteroatoms. The Morgan fingerprint density at radius 3 is 2.21 bits per heavy atom. The molecule has 2 aliphatic rings. The van der Waals surface area contributed by atoms with Gasteiger partial charge in [-0.25, -0.2) is 22.8 Å². The summed E-state index contributed by atoms with van der Waals surface area (Å²) < 4.78 is 46.1. The highest BCUT2D eigenvalue weighted by Crippen LogP contribution is 2.21. The Balaban J connectivity index is 1.40. The number of aromatic nitrogens is 2. The minimum atomic E-state index is -3.58. The number of benzene rings is 1. The lowest BCUT2D eigenvalue weighted by Crippen LogP contribution is -2.49. The van der Waals surface area contributed by atoms with E-state index < -0.39 is 15.8 Å². The molecule has 2 aliphatic heterocycles. The molecule has 2 saturated heterocycles. The van der Waals surface area contributed by atoms with Gasteiger partial charge in [-0.2, -0.15) is 4.31 Å². The maximum absolute atomic E-state index is 13.8. The zero-order chi connectivity index (χ0) is 20.3. The molecule has 0 aliphatic carbocycles. The van der Waals surface area contributed by atoms with Crippen LogP contribution in [-0.2, 0) is 20.5 Å². The molecule has 4 rings (SSSR count). The molecule has 0 atom stereocenters. The Labute approximate surface area is 170 Å². The summed E-state index contributed by atoms with van der Waals surface area (Å²) in [5.74, 6) is 0.820. The Bertz CT molecular complexity index is 944. The van der Waals surface area contributed by atoms with Crippen molar-refractivity contribution in [3.8, 4) is 0 Å². The Hall–Kier alpha value is -2.30. The third kappa shape index (κ3) is 4.65. The summed E-state index contributed by atoms with van der Waals surface area (Å²) in [6, 6.07) is 7.93. The summed E-state index contributed by atoms with van der Waals surface area (Å²) in [5.41, 5.74) is 0.195. The molecule has 8 nitrogen and oxygen atoms in total. The van der Waals surface area contributed by atoms with E-state index in [0.717, 1.165) is 24.7 Å². The SMILES string of the molecule is O=S(=O)(Cc1ccccc1F)N1CCN(c2cc(N3CCOCC3)ncn2)CC1. The lowest BCUT2D eigenvalue weighted by Gasteiger charge is -2.35. The molecular formula is C19H24FN5O3S. The van der Waals surface area contributed by atoms with Gasteiger partial charge in [0.15, 0.2) is 0 Å². The Morgan fingerprint density at radius 1 is 0.931 bits per heavy atom. The van der Waals surface area contributed by atoms with Crippen LogP contribution in [0.3, 0.4) is 0 Å². The highest BCUT2D eigenvalue weighted by atomic mass is 32.2. The molecule has 3 heterocycles. The zero-order valence-electron chi connectivity index (χ0n) is 16.1. The first-order valence-corrected chi connectivity index (χ1v) is 11.2. The molecule has 29 heavy (non-hydrogen) atoms. The van der Waals surface area contributed by atoms with E-state index in [1.807, 2.05) is 6.07 Å². The maximum atomic E-state index is 13.8. The second kappa shape index (κ2) is 8.60. The zero-order valence-corrected chi connectivity index (χ0v) is 16.9. The van der Waals surface area contributed by atoms with Crippen LogP contribution in [-0.4, -0.2) is 75.2 Å². The number of sulfonamides is 1. The van der Waals surface area contributed by atoms with E-state index in [1.54, 1.807) is 18.5 Å². The second-order valence-electron chi connectivity index (χ2n) is 7.07. The first kappa shape index (κ1) is 20.0. The quantitative estimate of drug-likeness (QED) is 0.715. The van der Waals surface area contributed by atoms with Crippen LogP contribution in [0, 0.1) is 5.82 Å². The van der Waals surface area contributed by atoms with Crippen molar-refractivity contribution in [1.29, 1.82) is 0 Å². The average Bonchev–Trinajstić information content (AvgIpc) is 2.76. The van der Waals surface area contributed by atoms with Crippen LogP contribution in [0.5, 0.6) is 0 Å². The second-order valence-corrected chi connectivity index (χ2v) is 9.04. The normalized spacial score (nSPS) is 18.8. The van der Waals surface area contributed by atoms with Crippen LogP contribution in [0.15, 0.2) is 36.7 Å². The van der Waals surface area contributed by atoms with E-state index in [2.05, 4.69) is 19.8 Å². The van der Waals surface area contributed by atoms with Crippen molar-refractivity contribution in [2.75, 3.05) is 62.3 Å². The van der Waals surface area contributed by atoms with Crippen molar-refractivity contribution in [3.63, 3.8) is 0 Å². The number of ether oxygens (including phenoxy) is 1.